The fourth-order valence-corrected chi connectivity index (χ4v) is 4.05. The molecule has 5 atom stereocenters. The lowest BCUT2D eigenvalue weighted by Gasteiger charge is -2.34. The zero-order chi connectivity index (χ0) is 24.3. The van der Waals surface area contributed by atoms with E-state index in [9.17, 15) is 24.3 Å². The van der Waals surface area contributed by atoms with Crippen molar-refractivity contribution in [1.82, 2.24) is 10.6 Å². The van der Waals surface area contributed by atoms with Gasteiger partial charge in [0.25, 0.3) is 5.91 Å². The molecule has 12 heteroatoms. The number of ether oxygens (including phenoxy) is 5. The van der Waals surface area contributed by atoms with Gasteiger partial charge in [-0.1, -0.05) is 0 Å². The number of nitrogens with one attached hydrogen (secondary N) is 2. The summed E-state index contributed by atoms with van der Waals surface area (Å²) in [6.45, 7) is 4.10. The normalized spacial score (nSPS) is 28.2. The number of esters is 2. The smallest absolute Gasteiger partial charge is 0.340 e. The Hall–Kier alpha value is -2.70. The van der Waals surface area contributed by atoms with Crippen LogP contribution < -0.4 is 10.6 Å². The Morgan fingerprint density at radius 3 is 2.31 bits per heavy atom. The topological polar surface area (TPSA) is 159 Å². The lowest BCUT2D eigenvalue weighted by molar-refractivity contribution is -0.190. The van der Waals surface area contributed by atoms with Crippen molar-refractivity contribution in [3.63, 3.8) is 0 Å². The maximum absolute atomic E-state index is 12.6. The van der Waals surface area contributed by atoms with Crippen LogP contribution in [-0.4, -0.2) is 80.5 Å². The highest BCUT2D eigenvalue weighted by molar-refractivity contribution is 6.03. The van der Waals surface area contributed by atoms with Crippen LogP contribution >= 0.6 is 0 Å². The van der Waals surface area contributed by atoms with Crippen molar-refractivity contribution < 1.29 is 48.0 Å². The number of carbonyl (C=O) groups excluding carboxylic acids is 4. The molecule has 1 aliphatic carbocycles. The number of hydrogen-bond donors (Lipinski definition) is 3. The molecule has 1 heterocycles. The molecule has 2 aliphatic rings. The summed E-state index contributed by atoms with van der Waals surface area (Å²) < 4.78 is 26.0. The summed E-state index contributed by atoms with van der Waals surface area (Å²) in [4.78, 5) is 49.0. The number of amides is 3. The van der Waals surface area contributed by atoms with Gasteiger partial charge in [-0.15, -0.1) is 0 Å². The summed E-state index contributed by atoms with van der Waals surface area (Å²) in [5.41, 5.74) is -2.15. The molecule has 0 spiro atoms. The van der Waals surface area contributed by atoms with Crippen LogP contribution in [0.5, 0.6) is 0 Å². The van der Waals surface area contributed by atoms with Crippen LogP contribution in [0.3, 0.4) is 0 Å². The standard InChI is InChI=1S/C20H30N2O10/c1-10(8-28-4)15(23)22-18(26)21-9-20(27,17(25)30-6)12-7-11(16(24)29-5)13-14(12)32-19(2,3)31-13/h8,11-14,27H,7,9H2,1-6H3,(H2,21,22,23,26)/b10-8+/t11-,12+,13+,14-,20-/m1/s1. The first-order chi connectivity index (χ1) is 14.9. The van der Waals surface area contributed by atoms with Crippen LogP contribution in [0.2, 0.25) is 0 Å². The Morgan fingerprint density at radius 2 is 1.75 bits per heavy atom. The van der Waals surface area contributed by atoms with Gasteiger partial charge in [-0.25, -0.2) is 9.59 Å². The van der Waals surface area contributed by atoms with E-state index in [2.05, 4.69) is 5.32 Å². The van der Waals surface area contributed by atoms with Crippen molar-refractivity contribution >= 4 is 23.9 Å². The van der Waals surface area contributed by atoms with E-state index in [1.54, 1.807) is 13.8 Å². The molecule has 180 valence electrons. The van der Waals surface area contributed by atoms with Crippen LogP contribution in [-0.2, 0) is 38.1 Å². The van der Waals surface area contributed by atoms with E-state index in [4.69, 9.17) is 23.7 Å². The summed E-state index contributed by atoms with van der Waals surface area (Å²) in [6.07, 6.45) is -0.479. The van der Waals surface area contributed by atoms with Crippen molar-refractivity contribution in [3.05, 3.63) is 11.8 Å². The third-order valence-electron chi connectivity index (χ3n) is 5.52. The van der Waals surface area contributed by atoms with Crippen LogP contribution in [0.25, 0.3) is 0 Å². The van der Waals surface area contributed by atoms with Crippen molar-refractivity contribution in [2.75, 3.05) is 27.9 Å². The second-order valence-corrected chi connectivity index (χ2v) is 8.13. The lowest BCUT2D eigenvalue weighted by atomic mass is 9.83. The molecule has 1 saturated carbocycles. The van der Waals surface area contributed by atoms with Crippen molar-refractivity contribution in [2.24, 2.45) is 11.8 Å². The zero-order valence-corrected chi connectivity index (χ0v) is 18.9. The van der Waals surface area contributed by atoms with E-state index in [0.29, 0.717) is 0 Å². The summed E-state index contributed by atoms with van der Waals surface area (Å²) in [6, 6.07) is -0.954. The number of fused-ring (bicyclic) bond motifs is 1. The molecule has 0 aromatic rings. The van der Waals surface area contributed by atoms with Gasteiger partial charge >= 0.3 is 18.0 Å². The predicted octanol–water partition coefficient (Wildman–Crippen LogP) is -0.404. The largest absolute Gasteiger partial charge is 0.504 e. The molecular formula is C20H30N2O10. The van der Waals surface area contributed by atoms with E-state index in [1.165, 1.54) is 21.1 Å². The fraction of sp³-hybridized carbons (Fsp3) is 0.700. The molecular weight excluding hydrogens is 428 g/mol. The van der Waals surface area contributed by atoms with Gasteiger partial charge in [0.2, 0.25) is 0 Å². The quantitative estimate of drug-likeness (QED) is 0.260. The average molecular weight is 458 g/mol. The van der Waals surface area contributed by atoms with Gasteiger partial charge in [-0.2, -0.15) is 0 Å². The minimum atomic E-state index is -2.28. The minimum absolute atomic E-state index is 0.0123. The molecule has 0 aromatic heterocycles. The van der Waals surface area contributed by atoms with Crippen molar-refractivity contribution in [3.8, 4) is 0 Å². The van der Waals surface area contributed by atoms with Gasteiger partial charge in [0.05, 0.1) is 46.2 Å². The maximum atomic E-state index is 12.6. The number of aliphatic hydroxyl groups is 1. The lowest BCUT2D eigenvalue weighted by Crippen LogP contribution is -2.58. The first-order valence-corrected chi connectivity index (χ1v) is 9.93. The van der Waals surface area contributed by atoms with Gasteiger partial charge < -0.3 is 34.1 Å². The van der Waals surface area contributed by atoms with Crippen LogP contribution in [0.1, 0.15) is 27.2 Å². The summed E-state index contributed by atoms with van der Waals surface area (Å²) in [5.74, 6) is -5.19. The summed E-state index contributed by atoms with van der Waals surface area (Å²) in [5, 5.41) is 15.7. The van der Waals surface area contributed by atoms with Crippen molar-refractivity contribution in [1.29, 1.82) is 0 Å². The first kappa shape index (κ1) is 25.6. The monoisotopic (exact) mass is 458 g/mol. The number of carbonyl (C=O) groups is 4. The number of methoxy groups -OCH3 is 3. The van der Waals surface area contributed by atoms with Crippen LogP contribution in [0, 0.1) is 11.8 Å². The van der Waals surface area contributed by atoms with E-state index in [1.807, 2.05) is 5.32 Å². The van der Waals surface area contributed by atoms with Gasteiger partial charge in [-0.05, 0) is 27.2 Å². The minimum Gasteiger partial charge on any atom is -0.504 e. The first-order valence-electron chi connectivity index (χ1n) is 9.93. The second-order valence-electron chi connectivity index (χ2n) is 8.13. The average Bonchev–Trinajstić information content (AvgIpc) is 3.23. The Balaban J connectivity index is 2.23. The second kappa shape index (κ2) is 9.84. The molecule has 0 aromatic carbocycles. The molecule has 32 heavy (non-hydrogen) atoms. The van der Waals surface area contributed by atoms with Gasteiger partial charge in [0, 0.05) is 11.5 Å². The molecule has 12 nitrogen and oxygen atoms in total. The molecule has 3 N–H and O–H groups in total. The van der Waals surface area contributed by atoms with Gasteiger partial charge in [-0.3, -0.25) is 14.9 Å². The molecule has 2 fully saturated rings. The Morgan fingerprint density at radius 1 is 1.12 bits per heavy atom. The number of hydrogen-bond acceptors (Lipinski definition) is 10. The summed E-state index contributed by atoms with van der Waals surface area (Å²) in [7, 11) is 3.65. The number of urea groups is 1. The van der Waals surface area contributed by atoms with Crippen molar-refractivity contribution in [2.45, 2.75) is 50.8 Å². The molecule has 1 saturated heterocycles. The molecule has 2 rings (SSSR count). The third-order valence-corrected chi connectivity index (χ3v) is 5.52. The highest BCUT2D eigenvalue weighted by atomic mass is 16.8. The zero-order valence-electron chi connectivity index (χ0n) is 18.9. The molecule has 3 amide bonds. The number of rotatable bonds is 7. The fourth-order valence-electron chi connectivity index (χ4n) is 4.05. The highest BCUT2D eigenvalue weighted by Gasteiger charge is 2.63. The van der Waals surface area contributed by atoms with Gasteiger partial charge in [0.1, 0.15) is 6.10 Å². The van der Waals surface area contributed by atoms with E-state index >= 15 is 0 Å². The predicted molar refractivity (Wildman–Crippen MR) is 107 cm³/mol. The van der Waals surface area contributed by atoms with E-state index < -0.39 is 65.9 Å². The maximum Gasteiger partial charge on any atom is 0.340 e. The molecule has 0 bridgehead atoms. The highest BCUT2D eigenvalue weighted by Crippen LogP contribution is 2.49. The molecule has 1 aliphatic heterocycles. The Bertz CT molecular complexity index is 795. The van der Waals surface area contributed by atoms with E-state index in [-0.39, 0.29) is 12.0 Å². The number of imide groups is 1. The van der Waals surface area contributed by atoms with Crippen LogP contribution in [0.4, 0.5) is 4.79 Å². The Kier molecular flexibility index (Phi) is 7.86. The van der Waals surface area contributed by atoms with Crippen LogP contribution in [0.15, 0.2) is 11.8 Å². The molecule has 0 unspecified atom stereocenters. The van der Waals surface area contributed by atoms with Gasteiger partial charge in [0.15, 0.2) is 11.4 Å². The molecule has 0 radical (unpaired) electrons. The van der Waals surface area contributed by atoms with E-state index in [0.717, 1.165) is 13.4 Å². The third kappa shape index (κ3) is 5.19. The Labute approximate surface area is 185 Å². The summed E-state index contributed by atoms with van der Waals surface area (Å²) >= 11 is 0. The SMILES string of the molecule is CO/C=C(\C)C(=O)NC(=O)NC[C@](O)(C(=O)OC)[C@H]1C[C@@H](C(=O)OC)[C@@H]2OC(C)(C)O[C@@H]21.